The van der Waals surface area contributed by atoms with Gasteiger partial charge in [0.25, 0.3) is 5.91 Å². The molecule has 3 aromatic rings. The first kappa shape index (κ1) is 19.1. The zero-order valence-corrected chi connectivity index (χ0v) is 16.4. The maximum Gasteiger partial charge on any atom is 0.257 e. The standard InChI is InChI=1S/C20H18ClN3O2S/c1-12-3-8-17(13(2)9-12)23-18(25)10-16-11-27-20(22-16)24-19(26)14-4-6-15(21)7-5-14/h3-9,11H,10H2,1-2H3,(H,23,25)(H,22,24,26). The molecule has 2 N–H and O–H groups in total. The number of nitrogens with one attached hydrogen (secondary N) is 2. The van der Waals surface area contributed by atoms with Crippen LogP contribution in [0.1, 0.15) is 27.2 Å². The molecule has 5 nitrogen and oxygen atoms in total. The molecule has 0 aliphatic carbocycles. The van der Waals surface area contributed by atoms with Gasteiger partial charge in [0.2, 0.25) is 5.91 Å². The molecule has 1 heterocycles. The number of hydrogen-bond acceptors (Lipinski definition) is 4. The molecule has 2 aromatic carbocycles. The van der Waals surface area contributed by atoms with Crippen LogP contribution >= 0.6 is 22.9 Å². The highest BCUT2D eigenvalue weighted by Crippen LogP contribution is 2.19. The van der Waals surface area contributed by atoms with Gasteiger partial charge in [-0.05, 0) is 49.7 Å². The number of anilines is 2. The van der Waals surface area contributed by atoms with Crippen LogP contribution in [-0.2, 0) is 11.2 Å². The molecule has 7 heteroatoms. The molecule has 3 rings (SSSR count). The summed E-state index contributed by atoms with van der Waals surface area (Å²) < 4.78 is 0. The van der Waals surface area contributed by atoms with E-state index in [4.69, 9.17) is 11.6 Å². The van der Waals surface area contributed by atoms with Gasteiger partial charge in [-0.15, -0.1) is 11.3 Å². The minimum absolute atomic E-state index is 0.140. The number of aromatic nitrogens is 1. The number of halogens is 1. The van der Waals surface area contributed by atoms with E-state index in [0.717, 1.165) is 16.8 Å². The van der Waals surface area contributed by atoms with E-state index < -0.39 is 0 Å². The topological polar surface area (TPSA) is 71.1 Å². The Morgan fingerprint density at radius 2 is 1.81 bits per heavy atom. The Balaban J connectivity index is 1.59. The molecule has 0 spiro atoms. The lowest BCUT2D eigenvalue weighted by molar-refractivity contribution is -0.115. The zero-order chi connectivity index (χ0) is 19.4. The van der Waals surface area contributed by atoms with E-state index in [1.807, 2.05) is 32.0 Å². The second kappa shape index (κ2) is 8.33. The first-order chi connectivity index (χ1) is 12.9. The molecule has 0 bridgehead atoms. The summed E-state index contributed by atoms with van der Waals surface area (Å²) >= 11 is 7.10. The first-order valence-electron chi connectivity index (χ1n) is 8.29. The van der Waals surface area contributed by atoms with Crippen LogP contribution < -0.4 is 10.6 Å². The summed E-state index contributed by atoms with van der Waals surface area (Å²) in [6, 6.07) is 12.5. The van der Waals surface area contributed by atoms with Gasteiger partial charge in [0, 0.05) is 21.7 Å². The van der Waals surface area contributed by atoms with Gasteiger partial charge in [0.1, 0.15) is 0 Å². The Hall–Kier alpha value is -2.70. The van der Waals surface area contributed by atoms with Gasteiger partial charge in [-0.2, -0.15) is 0 Å². The fourth-order valence-electron chi connectivity index (χ4n) is 2.53. The summed E-state index contributed by atoms with van der Waals surface area (Å²) in [6.07, 6.45) is 0.140. The van der Waals surface area contributed by atoms with Crippen LogP contribution in [0.4, 0.5) is 10.8 Å². The van der Waals surface area contributed by atoms with Gasteiger partial charge >= 0.3 is 0 Å². The number of carbonyl (C=O) groups excluding carboxylic acids is 2. The molecule has 0 aliphatic rings. The van der Waals surface area contributed by atoms with Gasteiger partial charge in [-0.1, -0.05) is 29.3 Å². The number of hydrogen-bond donors (Lipinski definition) is 2. The molecule has 2 amide bonds. The van der Waals surface area contributed by atoms with Gasteiger partial charge in [0.15, 0.2) is 5.13 Å². The van der Waals surface area contributed by atoms with Crippen molar-refractivity contribution in [2.75, 3.05) is 10.6 Å². The molecule has 0 saturated carbocycles. The van der Waals surface area contributed by atoms with E-state index in [9.17, 15) is 9.59 Å². The maximum absolute atomic E-state index is 12.3. The van der Waals surface area contributed by atoms with Crippen LogP contribution in [0.2, 0.25) is 5.02 Å². The summed E-state index contributed by atoms with van der Waals surface area (Å²) in [5.74, 6) is -0.421. The Kier molecular flexibility index (Phi) is 5.88. The van der Waals surface area contributed by atoms with Crippen LogP contribution in [0.3, 0.4) is 0 Å². The van der Waals surface area contributed by atoms with Crippen molar-refractivity contribution in [1.29, 1.82) is 0 Å². The largest absolute Gasteiger partial charge is 0.326 e. The van der Waals surface area contributed by atoms with Crippen LogP contribution in [-0.4, -0.2) is 16.8 Å². The summed E-state index contributed by atoms with van der Waals surface area (Å²) in [7, 11) is 0. The van der Waals surface area contributed by atoms with Gasteiger partial charge in [-0.25, -0.2) is 4.98 Å². The molecule has 0 atom stereocenters. The summed E-state index contributed by atoms with van der Waals surface area (Å²) in [5, 5.41) is 8.40. The molecule has 0 unspecified atom stereocenters. The predicted octanol–water partition coefficient (Wildman–Crippen LogP) is 4.85. The lowest BCUT2D eigenvalue weighted by Gasteiger charge is -2.08. The van der Waals surface area contributed by atoms with Crippen LogP contribution in [0, 0.1) is 13.8 Å². The fraction of sp³-hybridized carbons (Fsp3) is 0.150. The van der Waals surface area contributed by atoms with Crippen LogP contribution in [0.25, 0.3) is 0 Å². The maximum atomic E-state index is 12.3. The number of benzene rings is 2. The highest BCUT2D eigenvalue weighted by molar-refractivity contribution is 7.14. The number of rotatable bonds is 5. The molecule has 0 aliphatic heterocycles. The third-order valence-electron chi connectivity index (χ3n) is 3.88. The highest BCUT2D eigenvalue weighted by Gasteiger charge is 2.12. The van der Waals surface area contributed by atoms with Crippen molar-refractivity contribution in [1.82, 2.24) is 4.98 Å². The zero-order valence-electron chi connectivity index (χ0n) is 14.9. The van der Waals surface area contributed by atoms with Crippen molar-refractivity contribution in [3.05, 3.63) is 75.3 Å². The lowest BCUT2D eigenvalue weighted by Crippen LogP contribution is -2.16. The average molecular weight is 400 g/mol. The average Bonchev–Trinajstić information content (AvgIpc) is 3.04. The van der Waals surface area contributed by atoms with E-state index in [1.54, 1.807) is 29.6 Å². The second-order valence-electron chi connectivity index (χ2n) is 6.15. The molecule has 0 saturated heterocycles. The highest BCUT2D eigenvalue weighted by atomic mass is 35.5. The number of thiazole rings is 1. The Bertz CT molecular complexity index is 983. The third kappa shape index (κ3) is 5.15. The smallest absolute Gasteiger partial charge is 0.257 e. The van der Waals surface area contributed by atoms with Crippen molar-refractivity contribution < 1.29 is 9.59 Å². The van der Waals surface area contributed by atoms with Crippen molar-refractivity contribution in [3.8, 4) is 0 Å². The van der Waals surface area contributed by atoms with Gasteiger partial charge < -0.3 is 5.32 Å². The van der Waals surface area contributed by atoms with E-state index in [-0.39, 0.29) is 18.2 Å². The van der Waals surface area contributed by atoms with E-state index in [1.165, 1.54) is 11.3 Å². The van der Waals surface area contributed by atoms with E-state index >= 15 is 0 Å². The quantitative estimate of drug-likeness (QED) is 0.644. The molecular formula is C20H18ClN3O2S. The molecular weight excluding hydrogens is 382 g/mol. The van der Waals surface area contributed by atoms with Gasteiger partial charge in [0.05, 0.1) is 12.1 Å². The molecule has 1 aromatic heterocycles. The normalized spacial score (nSPS) is 10.5. The minimum atomic E-state index is -0.271. The number of carbonyl (C=O) groups is 2. The van der Waals surface area contributed by atoms with Crippen molar-refractivity contribution >= 4 is 45.6 Å². The predicted molar refractivity (Wildman–Crippen MR) is 110 cm³/mol. The number of nitrogens with zero attached hydrogens (tertiary/aromatic N) is 1. The lowest BCUT2D eigenvalue weighted by atomic mass is 10.1. The number of amides is 2. The third-order valence-corrected chi connectivity index (χ3v) is 4.93. The van der Waals surface area contributed by atoms with Crippen molar-refractivity contribution in [2.24, 2.45) is 0 Å². The summed E-state index contributed by atoms with van der Waals surface area (Å²) in [6.45, 7) is 3.96. The first-order valence-corrected chi connectivity index (χ1v) is 9.55. The van der Waals surface area contributed by atoms with Crippen molar-refractivity contribution in [3.63, 3.8) is 0 Å². The monoisotopic (exact) mass is 399 g/mol. The minimum Gasteiger partial charge on any atom is -0.326 e. The molecule has 0 fully saturated rings. The fourth-order valence-corrected chi connectivity index (χ4v) is 3.36. The Labute approximate surface area is 166 Å². The summed E-state index contributed by atoms with van der Waals surface area (Å²) in [4.78, 5) is 28.8. The second-order valence-corrected chi connectivity index (χ2v) is 7.44. The van der Waals surface area contributed by atoms with E-state index in [0.29, 0.717) is 21.4 Å². The van der Waals surface area contributed by atoms with Crippen LogP contribution in [0.5, 0.6) is 0 Å². The number of aryl methyl sites for hydroxylation is 2. The van der Waals surface area contributed by atoms with Crippen molar-refractivity contribution in [2.45, 2.75) is 20.3 Å². The molecule has 0 radical (unpaired) electrons. The van der Waals surface area contributed by atoms with Crippen LogP contribution in [0.15, 0.2) is 47.8 Å². The Morgan fingerprint density at radius 1 is 1.07 bits per heavy atom. The molecule has 27 heavy (non-hydrogen) atoms. The summed E-state index contributed by atoms with van der Waals surface area (Å²) in [5.41, 5.74) is 4.04. The Morgan fingerprint density at radius 3 is 2.52 bits per heavy atom. The molecule has 138 valence electrons. The van der Waals surface area contributed by atoms with E-state index in [2.05, 4.69) is 15.6 Å². The van der Waals surface area contributed by atoms with Gasteiger partial charge in [-0.3, -0.25) is 14.9 Å². The SMILES string of the molecule is Cc1ccc(NC(=O)Cc2csc(NC(=O)c3ccc(Cl)cc3)n2)c(C)c1.